The van der Waals surface area contributed by atoms with Crippen LogP contribution in [0.15, 0.2) is 0 Å². The highest BCUT2D eigenvalue weighted by Crippen LogP contribution is 2.30. The van der Waals surface area contributed by atoms with Gasteiger partial charge in [0.15, 0.2) is 0 Å². The summed E-state index contributed by atoms with van der Waals surface area (Å²) in [5, 5.41) is 0. The van der Waals surface area contributed by atoms with Crippen molar-refractivity contribution >= 4 is 5.91 Å². The molecule has 2 saturated heterocycles. The lowest BCUT2D eigenvalue weighted by atomic mass is 10.1. The zero-order valence-corrected chi connectivity index (χ0v) is 14.2. The molecule has 1 amide bonds. The Kier molecular flexibility index (Phi) is 5.37. The average molecular weight is 309 g/mol. The van der Waals surface area contributed by atoms with Crippen molar-refractivity contribution < 1.29 is 9.53 Å². The van der Waals surface area contributed by atoms with E-state index in [1.165, 1.54) is 19.4 Å². The van der Waals surface area contributed by atoms with Crippen molar-refractivity contribution in [3.63, 3.8) is 0 Å². The number of morpholine rings is 1. The SMILES string of the molecule is CC(C)N1CCO[C@@H](CC(=O)N2CCN(CC3CC3)CC2)C1. The maximum atomic E-state index is 12.5. The van der Waals surface area contributed by atoms with E-state index < -0.39 is 0 Å². The van der Waals surface area contributed by atoms with Crippen molar-refractivity contribution in [3.05, 3.63) is 0 Å². The number of hydrogen-bond acceptors (Lipinski definition) is 4. The Balaban J connectivity index is 1.40. The largest absolute Gasteiger partial charge is 0.375 e. The second kappa shape index (κ2) is 7.28. The van der Waals surface area contributed by atoms with E-state index in [4.69, 9.17) is 4.74 Å². The van der Waals surface area contributed by atoms with Crippen LogP contribution in [0.4, 0.5) is 0 Å². The summed E-state index contributed by atoms with van der Waals surface area (Å²) in [6.45, 7) is 12.2. The summed E-state index contributed by atoms with van der Waals surface area (Å²) in [5.74, 6) is 1.22. The number of piperazine rings is 1. The maximum absolute atomic E-state index is 12.5. The van der Waals surface area contributed by atoms with E-state index in [2.05, 4.69) is 23.6 Å². The zero-order valence-electron chi connectivity index (χ0n) is 14.2. The number of ether oxygens (including phenoxy) is 1. The molecule has 1 aliphatic carbocycles. The number of carbonyl (C=O) groups excluding carboxylic acids is 1. The number of carbonyl (C=O) groups is 1. The highest BCUT2D eigenvalue weighted by atomic mass is 16.5. The van der Waals surface area contributed by atoms with Crippen LogP contribution < -0.4 is 0 Å². The Morgan fingerprint density at radius 1 is 1.14 bits per heavy atom. The van der Waals surface area contributed by atoms with Crippen LogP contribution in [0.1, 0.15) is 33.1 Å². The summed E-state index contributed by atoms with van der Waals surface area (Å²) < 4.78 is 5.80. The number of rotatable bonds is 5. The molecular formula is C17H31N3O2. The fraction of sp³-hybridized carbons (Fsp3) is 0.941. The first-order valence-electron chi connectivity index (χ1n) is 8.97. The molecule has 0 spiro atoms. The van der Waals surface area contributed by atoms with E-state index in [0.29, 0.717) is 12.5 Å². The standard InChI is InChI=1S/C17H31N3O2/c1-14(2)20-9-10-22-16(13-20)11-17(21)19-7-5-18(6-8-19)12-15-3-4-15/h14-16H,3-13H2,1-2H3/t16-/m0/s1. The van der Waals surface area contributed by atoms with E-state index in [1.54, 1.807) is 0 Å². The van der Waals surface area contributed by atoms with E-state index in [-0.39, 0.29) is 12.0 Å². The fourth-order valence-corrected chi connectivity index (χ4v) is 3.50. The molecular weight excluding hydrogens is 278 g/mol. The van der Waals surface area contributed by atoms with E-state index in [1.807, 2.05) is 4.90 Å². The van der Waals surface area contributed by atoms with Gasteiger partial charge in [-0.15, -0.1) is 0 Å². The molecule has 0 aromatic rings. The number of nitrogens with zero attached hydrogens (tertiary/aromatic N) is 3. The van der Waals surface area contributed by atoms with Crippen LogP contribution in [0.2, 0.25) is 0 Å². The van der Waals surface area contributed by atoms with Gasteiger partial charge >= 0.3 is 0 Å². The summed E-state index contributed by atoms with van der Waals surface area (Å²) in [5.41, 5.74) is 0. The van der Waals surface area contributed by atoms with Gasteiger partial charge in [-0.2, -0.15) is 0 Å². The van der Waals surface area contributed by atoms with Crippen LogP contribution >= 0.6 is 0 Å². The third-order valence-electron chi connectivity index (χ3n) is 5.24. The van der Waals surface area contributed by atoms with Gasteiger partial charge in [-0.3, -0.25) is 14.6 Å². The third-order valence-corrected chi connectivity index (χ3v) is 5.24. The van der Waals surface area contributed by atoms with Crippen LogP contribution in [0, 0.1) is 5.92 Å². The van der Waals surface area contributed by atoms with Crippen molar-refractivity contribution in [2.24, 2.45) is 5.92 Å². The van der Waals surface area contributed by atoms with Gasteiger partial charge in [0.1, 0.15) is 0 Å². The zero-order chi connectivity index (χ0) is 15.5. The smallest absolute Gasteiger partial charge is 0.225 e. The summed E-state index contributed by atoms with van der Waals surface area (Å²) in [6, 6.07) is 0.535. The van der Waals surface area contributed by atoms with Crippen LogP contribution in [-0.2, 0) is 9.53 Å². The lowest BCUT2D eigenvalue weighted by Crippen LogP contribution is -2.51. The molecule has 3 fully saturated rings. The molecule has 22 heavy (non-hydrogen) atoms. The van der Waals surface area contributed by atoms with Gasteiger partial charge in [-0.1, -0.05) is 0 Å². The Morgan fingerprint density at radius 2 is 1.86 bits per heavy atom. The van der Waals surface area contributed by atoms with Crippen LogP contribution in [-0.4, -0.2) is 85.2 Å². The molecule has 5 heteroatoms. The summed E-state index contributed by atoms with van der Waals surface area (Å²) in [4.78, 5) is 19.5. The first-order valence-corrected chi connectivity index (χ1v) is 8.97. The van der Waals surface area contributed by atoms with Crippen molar-refractivity contribution in [2.75, 3.05) is 52.4 Å². The molecule has 2 aliphatic heterocycles. The highest BCUT2D eigenvalue weighted by Gasteiger charge is 2.30. The molecule has 0 N–H and O–H groups in total. The van der Waals surface area contributed by atoms with Gasteiger partial charge in [0.25, 0.3) is 0 Å². The summed E-state index contributed by atoms with van der Waals surface area (Å²) in [7, 11) is 0. The molecule has 0 bridgehead atoms. The van der Waals surface area contributed by atoms with Gasteiger partial charge in [0, 0.05) is 51.9 Å². The predicted octanol–water partition coefficient (Wildman–Crippen LogP) is 1.04. The van der Waals surface area contributed by atoms with Crippen LogP contribution in [0.25, 0.3) is 0 Å². The molecule has 1 atom stereocenters. The quantitative estimate of drug-likeness (QED) is 0.760. The fourth-order valence-electron chi connectivity index (χ4n) is 3.50. The van der Waals surface area contributed by atoms with Gasteiger partial charge < -0.3 is 9.64 Å². The van der Waals surface area contributed by atoms with Crippen LogP contribution in [0.5, 0.6) is 0 Å². The Labute approximate surface area is 134 Å². The summed E-state index contributed by atoms with van der Waals surface area (Å²) in [6.07, 6.45) is 3.44. The molecule has 0 aromatic carbocycles. The normalized spacial score (nSPS) is 28.3. The molecule has 2 heterocycles. The monoisotopic (exact) mass is 309 g/mol. The Bertz CT molecular complexity index is 376. The minimum atomic E-state index is 0.0770. The van der Waals surface area contributed by atoms with Gasteiger partial charge in [-0.25, -0.2) is 0 Å². The average Bonchev–Trinajstić information content (AvgIpc) is 3.32. The van der Waals surface area contributed by atoms with Gasteiger partial charge in [0.05, 0.1) is 19.1 Å². The molecule has 3 rings (SSSR count). The molecule has 0 radical (unpaired) electrons. The molecule has 3 aliphatic rings. The predicted molar refractivity (Wildman–Crippen MR) is 86.8 cm³/mol. The van der Waals surface area contributed by atoms with Crippen LogP contribution in [0.3, 0.4) is 0 Å². The van der Waals surface area contributed by atoms with E-state index in [9.17, 15) is 4.79 Å². The van der Waals surface area contributed by atoms with E-state index >= 15 is 0 Å². The second-order valence-corrected chi connectivity index (χ2v) is 7.41. The van der Waals surface area contributed by atoms with Crippen molar-refractivity contribution in [2.45, 2.75) is 45.3 Å². The first-order chi connectivity index (χ1) is 10.6. The second-order valence-electron chi connectivity index (χ2n) is 7.41. The van der Waals surface area contributed by atoms with Gasteiger partial charge in [0.2, 0.25) is 5.91 Å². The molecule has 5 nitrogen and oxygen atoms in total. The summed E-state index contributed by atoms with van der Waals surface area (Å²) >= 11 is 0. The molecule has 126 valence electrons. The topological polar surface area (TPSA) is 36.0 Å². The Morgan fingerprint density at radius 3 is 2.50 bits per heavy atom. The van der Waals surface area contributed by atoms with Crippen molar-refractivity contribution in [1.29, 1.82) is 0 Å². The molecule has 0 unspecified atom stereocenters. The van der Waals surface area contributed by atoms with E-state index in [0.717, 1.165) is 51.8 Å². The van der Waals surface area contributed by atoms with Gasteiger partial charge in [-0.05, 0) is 32.6 Å². The molecule has 1 saturated carbocycles. The van der Waals surface area contributed by atoms with Crippen molar-refractivity contribution in [3.8, 4) is 0 Å². The maximum Gasteiger partial charge on any atom is 0.225 e. The number of amides is 1. The lowest BCUT2D eigenvalue weighted by Gasteiger charge is -2.38. The highest BCUT2D eigenvalue weighted by molar-refractivity contribution is 5.76. The Hall–Kier alpha value is -0.650. The number of hydrogen-bond donors (Lipinski definition) is 0. The molecule has 0 aromatic heterocycles. The lowest BCUT2D eigenvalue weighted by molar-refractivity contribution is -0.138. The third kappa shape index (κ3) is 4.43. The first kappa shape index (κ1) is 16.2. The minimum Gasteiger partial charge on any atom is -0.375 e. The minimum absolute atomic E-state index is 0.0770. The van der Waals surface area contributed by atoms with Crippen molar-refractivity contribution in [1.82, 2.24) is 14.7 Å².